The summed E-state index contributed by atoms with van der Waals surface area (Å²) in [7, 11) is 0. The first kappa shape index (κ1) is 26.9. The zero-order valence-corrected chi connectivity index (χ0v) is 22.3. The van der Waals surface area contributed by atoms with Gasteiger partial charge in [0.1, 0.15) is 11.5 Å². The number of Topliss-reactive ketones (excluding diaryl/α,β-unsaturated/α-hetero) is 1. The number of hydrogen-bond donors (Lipinski definition) is 1. The summed E-state index contributed by atoms with van der Waals surface area (Å²) in [5, 5.41) is 11.4. The lowest BCUT2D eigenvalue weighted by Gasteiger charge is -2.29. The summed E-state index contributed by atoms with van der Waals surface area (Å²) in [6.45, 7) is 13.1. The molecule has 1 unspecified atom stereocenters. The van der Waals surface area contributed by atoms with Crippen LogP contribution in [0.3, 0.4) is 0 Å². The molecular weight excluding hydrogens is 468 g/mol. The summed E-state index contributed by atoms with van der Waals surface area (Å²) in [4.78, 5) is 30.5. The van der Waals surface area contributed by atoms with E-state index >= 15 is 0 Å². The number of rotatable bonds is 9. The van der Waals surface area contributed by atoms with E-state index in [2.05, 4.69) is 18.7 Å². The first-order valence-electron chi connectivity index (χ1n) is 13.1. The number of hydrogen-bond acceptors (Lipinski definition) is 6. The lowest BCUT2D eigenvalue weighted by Crippen LogP contribution is -2.38. The highest BCUT2D eigenvalue weighted by Gasteiger charge is 2.45. The normalized spacial score (nSPS) is 20.1. The second-order valence-electron chi connectivity index (χ2n) is 10.4. The van der Waals surface area contributed by atoms with Crippen molar-refractivity contribution in [3.8, 4) is 5.75 Å². The van der Waals surface area contributed by atoms with E-state index in [9.17, 15) is 14.7 Å². The van der Waals surface area contributed by atoms with Crippen LogP contribution < -0.4 is 4.74 Å². The van der Waals surface area contributed by atoms with Gasteiger partial charge in [-0.3, -0.25) is 14.5 Å². The summed E-state index contributed by atoms with van der Waals surface area (Å²) in [5.41, 5.74) is 3.39. The number of nitrogens with zero attached hydrogens (tertiary/aromatic N) is 2. The van der Waals surface area contributed by atoms with Crippen molar-refractivity contribution in [1.82, 2.24) is 9.80 Å². The molecule has 198 valence electrons. The van der Waals surface area contributed by atoms with E-state index in [1.54, 1.807) is 11.0 Å². The maximum atomic E-state index is 13.3. The molecule has 0 aliphatic carbocycles. The Balaban J connectivity index is 1.65. The van der Waals surface area contributed by atoms with E-state index in [0.717, 1.165) is 48.5 Å². The van der Waals surface area contributed by atoms with E-state index in [0.29, 0.717) is 37.8 Å². The molecule has 2 aliphatic rings. The Kier molecular flexibility index (Phi) is 8.67. The Bertz CT molecular complexity index is 1150. The van der Waals surface area contributed by atoms with E-state index in [-0.39, 0.29) is 11.3 Å². The largest absolute Gasteiger partial charge is 0.507 e. The average molecular weight is 507 g/mol. The Hall–Kier alpha value is -3.16. The van der Waals surface area contributed by atoms with Crippen LogP contribution in [0.1, 0.15) is 48.6 Å². The Morgan fingerprint density at radius 2 is 1.76 bits per heavy atom. The van der Waals surface area contributed by atoms with Crippen LogP contribution in [0.2, 0.25) is 0 Å². The number of amides is 1. The Morgan fingerprint density at radius 1 is 1.05 bits per heavy atom. The van der Waals surface area contributed by atoms with Crippen LogP contribution in [0, 0.1) is 19.8 Å². The van der Waals surface area contributed by atoms with Crippen molar-refractivity contribution in [1.29, 1.82) is 0 Å². The molecule has 7 nitrogen and oxygen atoms in total. The van der Waals surface area contributed by atoms with Gasteiger partial charge in [-0.1, -0.05) is 43.7 Å². The zero-order valence-electron chi connectivity index (χ0n) is 22.3. The molecule has 2 aliphatic heterocycles. The van der Waals surface area contributed by atoms with Crippen molar-refractivity contribution in [2.24, 2.45) is 5.92 Å². The van der Waals surface area contributed by atoms with Gasteiger partial charge in [0, 0.05) is 31.7 Å². The fourth-order valence-electron chi connectivity index (χ4n) is 4.87. The lowest BCUT2D eigenvalue weighted by molar-refractivity contribution is -0.140. The van der Waals surface area contributed by atoms with Crippen LogP contribution in [0.25, 0.3) is 5.76 Å². The molecule has 37 heavy (non-hydrogen) atoms. The second kappa shape index (κ2) is 11.9. The van der Waals surface area contributed by atoms with Gasteiger partial charge in [-0.15, -0.1) is 0 Å². The minimum Gasteiger partial charge on any atom is -0.507 e. The number of carbonyl (C=O) groups excluding carboxylic acids is 2. The molecule has 2 fully saturated rings. The van der Waals surface area contributed by atoms with Gasteiger partial charge >= 0.3 is 0 Å². The number of aliphatic hydroxyl groups is 1. The van der Waals surface area contributed by atoms with Crippen molar-refractivity contribution >= 4 is 17.4 Å². The summed E-state index contributed by atoms with van der Waals surface area (Å²) in [6.07, 6.45) is 0.733. The third-order valence-corrected chi connectivity index (χ3v) is 6.93. The number of likely N-dealkylation sites (tertiary alicyclic amines) is 1. The van der Waals surface area contributed by atoms with Crippen molar-refractivity contribution in [2.75, 3.05) is 46.0 Å². The highest BCUT2D eigenvalue weighted by Crippen LogP contribution is 2.40. The Morgan fingerprint density at radius 3 is 2.41 bits per heavy atom. The van der Waals surface area contributed by atoms with Crippen LogP contribution in [0.4, 0.5) is 0 Å². The third kappa shape index (κ3) is 6.22. The van der Waals surface area contributed by atoms with E-state index < -0.39 is 17.7 Å². The standard InChI is InChI=1S/C30H38N2O5/c1-20(2)19-37-25-11-10-24(18-22(25)4)28(33)26-27(23-8-6-21(3)7-9-23)32(30(35)29(26)34)13-5-12-31-14-16-36-17-15-31/h6-11,18,20,27,33H,5,12-17,19H2,1-4H3/b28-26+. The van der Waals surface area contributed by atoms with Crippen molar-refractivity contribution in [3.05, 3.63) is 70.3 Å². The third-order valence-electron chi connectivity index (χ3n) is 6.93. The number of carbonyl (C=O) groups is 2. The molecule has 0 aromatic heterocycles. The number of ether oxygens (including phenoxy) is 2. The molecule has 0 radical (unpaired) electrons. The van der Waals surface area contributed by atoms with Crippen molar-refractivity contribution < 1.29 is 24.2 Å². The van der Waals surface area contributed by atoms with Gasteiger partial charge in [-0.2, -0.15) is 0 Å². The van der Waals surface area contributed by atoms with Gasteiger partial charge in [0.25, 0.3) is 11.7 Å². The topological polar surface area (TPSA) is 79.3 Å². The first-order chi connectivity index (χ1) is 17.8. The van der Waals surface area contributed by atoms with Gasteiger partial charge in [-0.25, -0.2) is 0 Å². The smallest absolute Gasteiger partial charge is 0.295 e. The van der Waals surface area contributed by atoms with Gasteiger partial charge in [0.15, 0.2) is 0 Å². The molecule has 1 N–H and O–H groups in total. The average Bonchev–Trinajstić information content (AvgIpc) is 3.13. The van der Waals surface area contributed by atoms with Crippen LogP contribution >= 0.6 is 0 Å². The first-order valence-corrected chi connectivity index (χ1v) is 13.1. The van der Waals surface area contributed by atoms with E-state index in [1.165, 1.54) is 0 Å². The molecular formula is C30H38N2O5. The Labute approximate surface area is 219 Å². The maximum absolute atomic E-state index is 13.3. The minimum atomic E-state index is -0.646. The second-order valence-corrected chi connectivity index (χ2v) is 10.4. The summed E-state index contributed by atoms with van der Waals surface area (Å²) in [6, 6.07) is 12.5. The molecule has 0 saturated carbocycles. The number of ketones is 1. The number of aryl methyl sites for hydroxylation is 2. The van der Waals surface area contributed by atoms with Crippen molar-refractivity contribution in [2.45, 2.75) is 40.2 Å². The molecule has 1 amide bonds. The van der Waals surface area contributed by atoms with Crippen LogP contribution in [0.5, 0.6) is 5.75 Å². The molecule has 0 bridgehead atoms. The van der Waals surface area contributed by atoms with E-state index in [1.807, 2.05) is 50.2 Å². The minimum absolute atomic E-state index is 0.135. The van der Waals surface area contributed by atoms with Gasteiger partial charge in [0.2, 0.25) is 0 Å². The predicted molar refractivity (Wildman–Crippen MR) is 144 cm³/mol. The molecule has 2 aromatic rings. The van der Waals surface area contributed by atoms with Gasteiger partial charge in [0.05, 0.1) is 31.4 Å². The number of benzene rings is 2. The molecule has 0 spiro atoms. The van der Waals surface area contributed by atoms with Gasteiger partial charge < -0.3 is 19.5 Å². The van der Waals surface area contributed by atoms with Crippen LogP contribution in [-0.2, 0) is 14.3 Å². The maximum Gasteiger partial charge on any atom is 0.295 e. The molecule has 7 heteroatoms. The molecule has 4 rings (SSSR count). The van der Waals surface area contributed by atoms with Gasteiger partial charge in [-0.05, 0) is 55.5 Å². The lowest BCUT2D eigenvalue weighted by atomic mass is 9.94. The highest BCUT2D eigenvalue weighted by atomic mass is 16.5. The predicted octanol–water partition coefficient (Wildman–Crippen LogP) is 4.48. The fourth-order valence-corrected chi connectivity index (χ4v) is 4.87. The summed E-state index contributed by atoms with van der Waals surface area (Å²) >= 11 is 0. The number of morpholine rings is 1. The van der Waals surface area contributed by atoms with Crippen molar-refractivity contribution in [3.63, 3.8) is 0 Å². The highest BCUT2D eigenvalue weighted by molar-refractivity contribution is 6.46. The fraction of sp³-hybridized carbons (Fsp3) is 0.467. The molecule has 2 heterocycles. The zero-order chi connectivity index (χ0) is 26.5. The number of aliphatic hydroxyl groups excluding tert-OH is 1. The van der Waals surface area contributed by atoms with E-state index in [4.69, 9.17) is 9.47 Å². The van der Waals surface area contributed by atoms with Crippen LogP contribution in [-0.4, -0.2) is 72.6 Å². The van der Waals surface area contributed by atoms with Crippen LogP contribution in [0.15, 0.2) is 48.0 Å². The monoisotopic (exact) mass is 506 g/mol. The molecule has 1 atom stereocenters. The SMILES string of the molecule is Cc1ccc(C2/C(=C(\O)c3ccc(OCC(C)C)c(C)c3)C(=O)C(=O)N2CCCN2CCOCC2)cc1. The quantitative estimate of drug-likeness (QED) is 0.307. The molecule has 2 aromatic carbocycles. The molecule has 2 saturated heterocycles. The summed E-state index contributed by atoms with van der Waals surface area (Å²) in [5.74, 6) is -0.238. The summed E-state index contributed by atoms with van der Waals surface area (Å²) < 4.78 is 11.3.